The van der Waals surface area contributed by atoms with Gasteiger partial charge in [0, 0.05) is 43.2 Å². The van der Waals surface area contributed by atoms with Gasteiger partial charge in [-0.05, 0) is 65.2 Å². The summed E-state index contributed by atoms with van der Waals surface area (Å²) in [5.41, 5.74) is 2.06. The van der Waals surface area contributed by atoms with Crippen molar-refractivity contribution in [3.05, 3.63) is 29.8 Å². The first-order valence-corrected chi connectivity index (χ1v) is 14.1. The fourth-order valence-corrected chi connectivity index (χ4v) is 6.32. The second-order valence-corrected chi connectivity index (χ2v) is 10.9. The molecule has 2 aromatic rings. The number of rotatable bonds is 10. The van der Waals surface area contributed by atoms with Crippen LogP contribution in [0.25, 0.3) is 10.9 Å². The van der Waals surface area contributed by atoms with Crippen LogP contribution in [0, 0.1) is 0 Å². The number of hydrogen-bond donors (Lipinski definition) is 1. The second kappa shape index (κ2) is 12.3. The number of nitrogens with one attached hydrogen (secondary N) is 1. The first-order valence-electron chi connectivity index (χ1n) is 13.1. The van der Waals surface area contributed by atoms with Gasteiger partial charge in [0.15, 0.2) is 0 Å². The van der Waals surface area contributed by atoms with Crippen molar-refractivity contribution in [2.45, 2.75) is 63.1 Å². The number of hydrogen-bond acceptors (Lipinski definition) is 5. The Morgan fingerprint density at radius 2 is 1.91 bits per heavy atom. The fraction of sp³-hybridized carbons (Fsp3) is 0.630. The zero-order valence-corrected chi connectivity index (χ0v) is 22.2. The van der Waals surface area contributed by atoms with Crippen molar-refractivity contribution in [2.24, 2.45) is 7.05 Å². The number of aryl methyl sites for hydroxylation is 1. The molecule has 2 aliphatic heterocycles. The van der Waals surface area contributed by atoms with Gasteiger partial charge in [0.25, 0.3) is 0 Å². The lowest BCUT2D eigenvalue weighted by atomic mass is 10.0. The maximum absolute atomic E-state index is 13.7. The molecule has 3 heterocycles. The molecule has 1 saturated heterocycles. The van der Waals surface area contributed by atoms with E-state index in [-0.39, 0.29) is 17.9 Å². The van der Waals surface area contributed by atoms with Crippen molar-refractivity contribution in [1.29, 1.82) is 0 Å². The molecule has 1 aromatic heterocycles. The minimum atomic E-state index is -0.619. The Balaban J connectivity index is 1.57. The molecule has 8 heteroatoms. The van der Waals surface area contributed by atoms with E-state index >= 15 is 0 Å². The minimum Gasteiger partial charge on any atom is -0.379 e. The molecule has 0 radical (unpaired) electrons. The third-order valence-electron chi connectivity index (χ3n) is 6.97. The summed E-state index contributed by atoms with van der Waals surface area (Å²) < 4.78 is 7.76. The van der Waals surface area contributed by atoms with Crippen LogP contribution in [0.1, 0.15) is 57.6 Å². The lowest BCUT2D eigenvalue weighted by Crippen LogP contribution is -2.45. The molecule has 7 nitrogen and oxygen atoms in total. The quantitative estimate of drug-likeness (QED) is 0.500. The van der Waals surface area contributed by atoms with Crippen molar-refractivity contribution in [3.63, 3.8) is 0 Å². The Labute approximate surface area is 213 Å². The van der Waals surface area contributed by atoms with Gasteiger partial charge in [-0.1, -0.05) is 36.4 Å². The van der Waals surface area contributed by atoms with Crippen LogP contribution >= 0.6 is 11.8 Å². The highest BCUT2D eigenvalue weighted by Crippen LogP contribution is 2.41. The molecular formula is C27H40N4O3S. The number of fused-ring (bicyclic) bond motifs is 3. The van der Waals surface area contributed by atoms with E-state index in [9.17, 15) is 9.59 Å². The third-order valence-corrected chi connectivity index (χ3v) is 8.13. The number of amides is 2. The van der Waals surface area contributed by atoms with Gasteiger partial charge in [0.2, 0.25) is 11.8 Å². The normalized spacial score (nSPS) is 19.3. The number of likely N-dealkylation sites (tertiary alicyclic amines) is 1. The summed E-state index contributed by atoms with van der Waals surface area (Å²) >= 11 is 1.55. The Morgan fingerprint density at radius 3 is 2.69 bits per heavy atom. The van der Waals surface area contributed by atoms with Crippen LogP contribution in [-0.2, 0) is 21.4 Å². The predicted molar refractivity (Wildman–Crippen MR) is 142 cm³/mol. The van der Waals surface area contributed by atoms with Gasteiger partial charge in [-0.25, -0.2) is 0 Å². The number of ether oxygens (including phenoxy) is 1. The first-order chi connectivity index (χ1) is 17.0. The first kappa shape index (κ1) is 26.0. The fourth-order valence-electron chi connectivity index (χ4n) is 5.22. The highest BCUT2D eigenvalue weighted by atomic mass is 32.2. The highest BCUT2D eigenvalue weighted by Gasteiger charge is 2.38. The summed E-state index contributed by atoms with van der Waals surface area (Å²) in [4.78, 5) is 31.4. The maximum Gasteiger partial charge on any atom is 0.247 e. The summed E-state index contributed by atoms with van der Waals surface area (Å²) in [5.74, 6) is 0.297. The minimum absolute atomic E-state index is 0.0391. The van der Waals surface area contributed by atoms with Gasteiger partial charge in [0.1, 0.15) is 6.04 Å². The number of carbonyl (C=O) groups excluding carboxylic acids is 2. The molecule has 0 unspecified atom stereocenters. The number of benzene rings is 1. The molecule has 2 amide bonds. The Hall–Kier alpha value is -2.03. The van der Waals surface area contributed by atoms with E-state index in [1.54, 1.807) is 11.8 Å². The van der Waals surface area contributed by atoms with Crippen LogP contribution in [0.4, 0.5) is 0 Å². The predicted octanol–water partition coefficient (Wildman–Crippen LogP) is 3.96. The Kier molecular flexibility index (Phi) is 9.14. The van der Waals surface area contributed by atoms with Gasteiger partial charge in [0.05, 0.1) is 16.9 Å². The topological polar surface area (TPSA) is 66.8 Å². The van der Waals surface area contributed by atoms with Crippen LogP contribution in [0.3, 0.4) is 0 Å². The molecular weight excluding hydrogens is 460 g/mol. The standard InChI is InChI=1S/C27H40N4O3S/c1-20(2)34-18-9-13-28-26(33)25-24-21-11-5-6-12-22(21)29(3)27(24)35-19-23(32)31(25)17-10-16-30-14-7-4-8-15-30/h5-6,11-12,20,25H,4,7-10,13-19H2,1-3H3,(H,28,33)/t25-/m0/s1. The van der Waals surface area contributed by atoms with Gasteiger partial charge >= 0.3 is 0 Å². The van der Waals surface area contributed by atoms with Crippen molar-refractivity contribution in [3.8, 4) is 0 Å². The number of aromatic nitrogens is 1. The van der Waals surface area contributed by atoms with Crippen LogP contribution < -0.4 is 5.32 Å². The van der Waals surface area contributed by atoms with Crippen molar-refractivity contribution >= 4 is 34.5 Å². The van der Waals surface area contributed by atoms with E-state index in [0.29, 0.717) is 25.4 Å². The Bertz CT molecular complexity index is 1020. The summed E-state index contributed by atoms with van der Waals surface area (Å²) in [7, 11) is 2.03. The van der Waals surface area contributed by atoms with E-state index in [2.05, 4.69) is 26.9 Å². The summed E-state index contributed by atoms with van der Waals surface area (Å²) in [6, 6.07) is 7.58. The van der Waals surface area contributed by atoms with E-state index in [1.807, 2.05) is 37.9 Å². The van der Waals surface area contributed by atoms with E-state index in [0.717, 1.165) is 54.0 Å². The molecule has 1 aromatic carbocycles. The summed E-state index contributed by atoms with van der Waals surface area (Å²) in [5, 5.41) is 5.18. The molecule has 192 valence electrons. The largest absolute Gasteiger partial charge is 0.379 e. The number of thioether (sulfide) groups is 1. The van der Waals surface area contributed by atoms with E-state index < -0.39 is 6.04 Å². The Morgan fingerprint density at radius 1 is 1.14 bits per heavy atom. The molecule has 0 bridgehead atoms. The molecule has 1 fully saturated rings. The molecule has 0 saturated carbocycles. The second-order valence-electron chi connectivity index (χ2n) is 9.89. The van der Waals surface area contributed by atoms with Gasteiger partial charge in [-0.15, -0.1) is 0 Å². The summed E-state index contributed by atoms with van der Waals surface area (Å²) in [6.07, 6.45) is 5.62. The van der Waals surface area contributed by atoms with E-state index in [1.165, 1.54) is 19.3 Å². The zero-order chi connectivity index (χ0) is 24.8. The molecule has 2 aliphatic rings. The summed E-state index contributed by atoms with van der Waals surface area (Å²) in [6.45, 7) is 9.00. The number of carbonyl (C=O) groups is 2. The van der Waals surface area contributed by atoms with Crippen molar-refractivity contribution < 1.29 is 14.3 Å². The molecule has 0 spiro atoms. The van der Waals surface area contributed by atoms with Crippen molar-refractivity contribution in [2.75, 3.05) is 45.1 Å². The smallest absolute Gasteiger partial charge is 0.247 e. The molecule has 4 rings (SSSR count). The molecule has 35 heavy (non-hydrogen) atoms. The zero-order valence-electron chi connectivity index (χ0n) is 21.4. The van der Waals surface area contributed by atoms with Crippen LogP contribution in [0.2, 0.25) is 0 Å². The highest BCUT2D eigenvalue weighted by molar-refractivity contribution is 8.00. The molecule has 1 atom stereocenters. The average Bonchev–Trinajstić information content (AvgIpc) is 3.04. The maximum atomic E-state index is 13.7. The van der Waals surface area contributed by atoms with Gasteiger partial charge < -0.3 is 24.4 Å². The van der Waals surface area contributed by atoms with Crippen LogP contribution in [0.15, 0.2) is 29.3 Å². The number of piperidine rings is 1. The molecule has 1 N–H and O–H groups in total. The van der Waals surface area contributed by atoms with Gasteiger partial charge in [-0.3, -0.25) is 9.59 Å². The van der Waals surface area contributed by atoms with Gasteiger partial charge in [-0.2, -0.15) is 0 Å². The monoisotopic (exact) mass is 500 g/mol. The lowest BCUT2D eigenvalue weighted by molar-refractivity contribution is -0.139. The number of para-hydroxylation sites is 1. The van der Waals surface area contributed by atoms with Crippen LogP contribution in [0.5, 0.6) is 0 Å². The number of nitrogens with zero attached hydrogens (tertiary/aromatic N) is 3. The third kappa shape index (κ3) is 6.22. The van der Waals surface area contributed by atoms with Crippen molar-refractivity contribution in [1.82, 2.24) is 19.7 Å². The SMILES string of the molecule is CC(C)OCCCNC(=O)[C@@H]1c2c(n(C)c3ccccc23)SCC(=O)N1CCCN1CCCCC1. The molecule has 0 aliphatic carbocycles. The van der Waals surface area contributed by atoms with Crippen LogP contribution in [-0.4, -0.2) is 77.4 Å². The lowest BCUT2D eigenvalue weighted by Gasteiger charge is -2.31. The average molecular weight is 501 g/mol. The van der Waals surface area contributed by atoms with E-state index in [4.69, 9.17) is 4.74 Å².